The zero-order valence-corrected chi connectivity index (χ0v) is 9.91. The molecule has 0 aromatic heterocycles. The van der Waals surface area contributed by atoms with Crippen molar-refractivity contribution in [2.24, 2.45) is 0 Å². The maximum atomic E-state index is 13.2. The molecule has 1 amide bonds. The number of hydrogen-bond acceptors (Lipinski definition) is 2. The molecule has 2 N–H and O–H groups in total. The van der Waals surface area contributed by atoms with Crippen LogP contribution in [0.4, 0.5) is 10.1 Å². The van der Waals surface area contributed by atoms with E-state index in [9.17, 15) is 14.3 Å². The predicted molar refractivity (Wildman–Crippen MR) is 67.5 cm³/mol. The summed E-state index contributed by atoms with van der Waals surface area (Å²) in [5.41, 5.74) is 0.387. The lowest BCUT2D eigenvalue weighted by atomic mass is 10.2. The summed E-state index contributed by atoms with van der Waals surface area (Å²) in [6, 6.07) is 10.0. The molecule has 0 aliphatic heterocycles. The van der Waals surface area contributed by atoms with E-state index in [-0.39, 0.29) is 22.0 Å². The Labute approximate surface area is 108 Å². The Kier molecular flexibility index (Phi) is 3.48. The fourth-order valence-electron chi connectivity index (χ4n) is 1.44. The molecular weight excluding hydrogens is 257 g/mol. The van der Waals surface area contributed by atoms with E-state index in [1.54, 1.807) is 12.1 Å². The summed E-state index contributed by atoms with van der Waals surface area (Å²) in [4.78, 5) is 11.8. The van der Waals surface area contributed by atoms with Gasteiger partial charge in [-0.1, -0.05) is 23.7 Å². The van der Waals surface area contributed by atoms with E-state index in [1.165, 1.54) is 24.3 Å². The molecule has 2 rings (SSSR count). The number of nitrogens with one attached hydrogen (secondary N) is 1. The SMILES string of the molecule is O=C(Nc1ccc(Cl)c(F)c1)c1ccccc1O. The highest BCUT2D eigenvalue weighted by atomic mass is 35.5. The topological polar surface area (TPSA) is 49.3 Å². The number of phenolic OH excluding ortho intramolecular Hbond substituents is 1. The number of benzene rings is 2. The molecule has 0 bridgehead atoms. The number of aromatic hydroxyl groups is 1. The molecule has 18 heavy (non-hydrogen) atoms. The van der Waals surface area contributed by atoms with Gasteiger partial charge in [-0.3, -0.25) is 4.79 Å². The van der Waals surface area contributed by atoms with Crippen molar-refractivity contribution in [3.63, 3.8) is 0 Å². The highest BCUT2D eigenvalue weighted by Crippen LogP contribution is 2.21. The average Bonchev–Trinajstić information content (AvgIpc) is 2.34. The van der Waals surface area contributed by atoms with Crippen LogP contribution in [0.5, 0.6) is 5.75 Å². The standard InChI is InChI=1S/C13H9ClFNO2/c14-10-6-5-8(7-11(10)15)16-13(18)9-3-1-2-4-12(9)17/h1-7,17H,(H,16,18). The smallest absolute Gasteiger partial charge is 0.259 e. The summed E-state index contributed by atoms with van der Waals surface area (Å²) >= 11 is 5.53. The van der Waals surface area contributed by atoms with E-state index in [2.05, 4.69) is 5.32 Å². The van der Waals surface area contributed by atoms with Gasteiger partial charge in [0, 0.05) is 5.69 Å². The van der Waals surface area contributed by atoms with Crippen LogP contribution in [0.15, 0.2) is 42.5 Å². The van der Waals surface area contributed by atoms with Gasteiger partial charge < -0.3 is 10.4 Å². The zero-order valence-electron chi connectivity index (χ0n) is 9.15. The van der Waals surface area contributed by atoms with Crippen LogP contribution in [0.1, 0.15) is 10.4 Å². The average molecular weight is 266 g/mol. The molecule has 0 radical (unpaired) electrons. The molecule has 0 aliphatic carbocycles. The lowest BCUT2D eigenvalue weighted by Gasteiger charge is -2.07. The second-order valence-corrected chi connectivity index (χ2v) is 4.01. The molecule has 0 atom stereocenters. The van der Waals surface area contributed by atoms with Gasteiger partial charge in [-0.25, -0.2) is 4.39 Å². The number of anilines is 1. The fraction of sp³-hybridized carbons (Fsp3) is 0. The number of amides is 1. The number of phenols is 1. The molecule has 5 heteroatoms. The van der Waals surface area contributed by atoms with Crippen LogP contribution in [0.3, 0.4) is 0 Å². The van der Waals surface area contributed by atoms with Gasteiger partial charge in [0.25, 0.3) is 5.91 Å². The monoisotopic (exact) mass is 265 g/mol. The van der Waals surface area contributed by atoms with Crippen molar-refractivity contribution >= 4 is 23.2 Å². The number of para-hydroxylation sites is 1. The number of carbonyl (C=O) groups excluding carboxylic acids is 1. The van der Waals surface area contributed by atoms with Gasteiger partial charge in [-0.05, 0) is 30.3 Å². The number of carbonyl (C=O) groups is 1. The van der Waals surface area contributed by atoms with E-state index < -0.39 is 11.7 Å². The Bertz CT molecular complexity index is 601. The minimum Gasteiger partial charge on any atom is -0.507 e. The molecule has 3 nitrogen and oxygen atoms in total. The Morgan fingerprint density at radius 3 is 2.61 bits per heavy atom. The van der Waals surface area contributed by atoms with Gasteiger partial charge in [0.1, 0.15) is 11.6 Å². The van der Waals surface area contributed by atoms with Crippen molar-refractivity contribution in [1.29, 1.82) is 0 Å². The summed E-state index contributed by atoms with van der Waals surface area (Å²) in [7, 11) is 0. The van der Waals surface area contributed by atoms with E-state index in [0.717, 1.165) is 6.07 Å². The normalized spacial score (nSPS) is 10.1. The minimum atomic E-state index is -0.619. The van der Waals surface area contributed by atoms with Crippen LogP contribution in [0.2, 0.25) is 5.02 Å². The second-order valence-electron chi connectivity index (χ2n) is 3.60. The van der Waals surface area contributed by atoms with Gasteiger partial charge in [0.05, 0.1) is 10.6 Å². The molecule has 0 unspecified atom stereocenters. The van der Waals surface area contributed by atoms with Crippen molar-refractivity contribution in [1.82, 2.24) is 0 Å². The van der Waals surface area contributed by atoms with Gasteiger partial charge in [-0.15, -0.1) is 0 Å². The fourth-order valence-corrected chi connectivity index (χ4v) is 1.56. The highest BCUT2D eigenvalue weighted by Gasteiger charge is 2.11. The third kappa shape index (κ3) is 2.60. The summed E-state index contributed by atoms with van der Waals surface area (Å²) in [5.74, 6) is -1.27. The summed E-state index contributed by atoms with van der Waals surface area (Å²) in [5, 5.41) is 12.0. The van der Waals surface area contributed by atoms with E-state index in [4.69, 9.17) is 11.6 Å². The van der Waals surface area contributed by atoms with Crippen LogP contribution < -0.4 is 5.32 Å². The van der Waals surface area contributed by atoms with Crippen molar-refractivity contribution in [3.8, 4) is 5.75 Å². The van der Waals surface area contributed by atoms with E-state index in [0.29, 0.717) is 0 Å². The summed E-state index contributed by atoms with van der Waals surface area (Å²) in [6.45, 7) is 0. The molecule has 92 valence electrons. The first kappa shape index (κ1) is 12.4. The van der Waals surface area contributed by atoms with Crippen LogP contribution in [0.25, 0.3) is 0 Å². The first-order valence-electron chi connectivity index (χ1n) is 5.12. The lowest BCUT2D eigenvalue weighted by Crippen LogP contribution is -2.12. The van der Waals surface area contributed by atoms with Gasteiger partial charge in [0.2, 0.25) is 0 Å². The first-order chi connectivity index (χ1) is 8.58. The summed E-state index contributed by atoms with van der Waals surface area (Å²) in [6.07, 6.45) is 0. The maximum absolute atomic E-state index is 13.2. The van der Waals surface area contributed by atoms with Crippen molar-refractivity contribution in [2.75, 3.05) is 5.32 Å². The van der Waals surface area contributed by atoms with Gasteiger partial charge in [0.15, 0.2) is 0 Å². The van der Waals surface area contributed by atoms with Crippen LogP contribution in [-0.4, -0.2) is 11.0 Å². The molecule has 0 heterocycles. The van der Waals surface area contributed by atoms with Crippen LogP contribution >= 0.6 is 11.6 Å². The summed E-state index contributed by atoms with van der Waals surface area (Å²) < 4.78 is 13.2. The Morgan fingerprint density at radius 1 is 1.22 bits per heavy atom. The Morgan fingerprint density at radius 2 is 1.94 bits per heavy atom. The lowest BCUT2D eigenvalue weighted by molar-refractivity contribution is 0.102. The predicted octanol–water partition coefficient (Wildman–Crippen LogP) is 3.44. The third-order valence-corrected chi connectivity index (χ3v) is 2.63. The molecular formula is C13H9ClFNO2. The molecule has 0 saturated carbocycles. The number of rotatable bonds is 2. The molecule has 0 aliphatic rings. The zero-order chi connectivity index (χ0) is 13.1. The van der Waals surface area contributed by atoms with Crippen LogP contribution in [0, 0.1) is 5.82 Å². The first-order valence-corrected chi connectivity index (χ1v) is 5.50. The minimum absolute atomic E-state index is 0.0180. The Balaban J connectivity index is 2.22. The van der Waals surface area contributed by atoms with Gasteiger partial charge in [-0.2, -0.15) is 0 Å². The number of hydrogen-bond donors (Lipinski definition) is 2. The van der Waals surface area contributed by atoms with Crippen molar-refractivity contribution in [3.05, 3.63) is 58.9 Å². The van der Waals surface area contributed by atoms with Crippen molar-refractivity contribution in [2.45, 2.75) is 0 Å². The quantitative estimate of drug-likeness (QED) is 0.874. The molecule has 0 spiro atoms. The molecule has 2 aromatic carbocycles. The molecule has 0 saturated heterocycles. The maximum Gasteiger partial charge on any atom is 0.259 e. The second kappa shape index (κ2) is 5.06. The van der Waals surface area contributed by atoms with Gasteiger partial charge >= 0.3 is 0 Å². The largest absolute Gasteiger partial charge is 0.507 e. The van der Waals surface area contributed by atoms with Crippen molar-refractivity contribution < 1.29 is 14.3 Å². The van der Waals surface area contributed by atoms with E-state index >= 15 is 0 Å². The highest BCUT2D eigenvalue weighted by molar-refractivity contribution is 6.30. The number of halogens is 2. The van der Waals surface area contributed by atoms with Crippen LogP contribution in [-0.2, 0) is 0 Å². The Hall–Kier alpha value is -2.07. The molecule has 0 fully saturated rings. The third-order valence-electron chi connectivity index (χ3n) is 2.33. The molecule has 2 aromatic rings. The van der Waals surface area contributed by atoms with E-state index in [1.807, 2.05) is 0 Å².